The van der Waals surface area contributed by atoms with E-state index in [4.69, 9.17) is 10.7 Å². The van der Waals surface area contributed by atoms with Gasteiger partial charge in [0.05, 0.1) is 11.0 Å². The van der Waals surface area contributed by atoms with E-state index in [2.05, 4.69) is 29.8 Å². The van der Waals surface area contributed by atoms with Gasteiger partial charge in [0.15, 0.2) is 0 Å². The molecule has 2 fully saturated rings. The Hall–Kier alpha value is -1.35. The Morgan fingerprint density at radius 1 is 1.39 bits per heavy atom. The molecule has 2 saturated carbocycles. The Kier molecular flexibility index (Phi) is 1.97. The zero-order chi connectivity index (χ0) is 12.3. The van der Waals surface area contributed by atoms with Crippen molar-refractivity contribution in [3.63, 3.8) is 0 Å². The lowest BCUT2D eigenvalue weighted by Crippen LogP contribution is -2.19. The van der Waals surface area contributed by atoms with E-state index in [0.29, 0.717) is 5.92 Å². The number of hydrogen-bond donors (Lipinski definition) is 1. The van der Waals surface area contributed by atoms with Crippen LogP contribution in [0.15, 0.2) is 18.2 Å². The number of rotatable bonds is 3. The summed E-state index contributed by atoms with van der Waals surface area (Å²) >= 11 is 0. The van der Waals surface area contributed by atoms with Gasteiger partial charge in [-0.2, -0.15) is 0 Å². The van der Waals surface area contributed by atoms with Gasteiger partial charge in [-0.05, 0) is 43.4 Å². The quantitative estimate of drug-likeness (QED) is 0.897. The van der Waals surface area contributed by atoms with E-state index < -0.39 is 0 Å². The molecule has 0 spiro atoms. The first-order valence-electron chi connectivity index (χ1n) is 6.90. The normalized spacial score (nSPS) is 21.4. The van der Waals surface area contributed by atoms with Crippen LogP contribution in [-0.4, -0.2) is 16.1 Å². The number of benzene rings is 1. The smallest absolute Gasteiger partial charge is 0.112 e. The molecule has 1 aromatic heterocycles. The molecule has 0 atom stereocenters. The summed E-state index contributed by atoms with van der Waals surface area (Å²) in [4.78, 5) is 4.78. The topological polar surface area (TPSA) is 43.8 Å². The van der Waals surface area contributed by atoms with Crippen LogP contribution >= 0.6 is 0 Å². The molecule has 3 heteroatoms. The molecule has 0 aliphatic heterocycles. The molecule has 2 N–H and O–H groups in total. The van der Waals surface area contributed by atoms with Crippen molar-refractivity contribution < 1.29 is 0 Å². The second-order valence-corrected chi connectivity index (χ2v) is 5.99. The summed E-state index contributed by atoms with van der Waals surface area (Å²) in [5.41, 5.74) is 10.0. The van der Waals surface area contributed by atoms with Gasteiger partial charge in [0.1, 0.15) is 5.82 Å². The van der Waals surface area contributed by atoms with Crippen molar-refractivity contribution in [3.05, 3.63) is 29.6 Å². The minimum atomic E-state index is 0.276. The predicted octanol–water partition coefficient (Wildman–Crippen LogP) is 2.44. The number of nitrogens with two attached hydrogens (primary N) is 1. The first kappa shape index (κ1) is 10.6. The van der Waals surface area contributed by atoms with E-state index >= 15 is 0 Å². The van der Waals surface area contributed by atoms with E-state index in [-0.39, 0.29) is 5.41 Å². The van der Waals surface area contributed by atoms with E-state index in [1.165, 1.54) is 42.6 Å². The fraction of sp³-hybridized carbons (Fsp3) is 0.533. The lowest BCUT2D eigenvalue weighted by atomic mass is 9.96. The van der Waals surface area contributed by atoms with Gasteiger partial charge in [-0.25, -0.2) is 4.98 Å². The molecule has 0 saturated heterocycles. The molecule has 3 nitrogen and oxygen atoms in total. The SMILES string of the molecule is Cn1c(C2CC2)nc2ccc(C3(CN)CC3)cc21. The highest BCUT2D eigenvalue weighted by Gasteiger charge is 2.43. The van der Waals surface area contributed by atoms with Gasteiger partial charge in [0, 0.05) is 24.9 Å². The van der Waals surface area contributed by atoms with E-state index in [1.807, 2.05) is 0 Å². The molecule has 2 aromatic rings. The maximum Gasteiger partial charge on any atom is 0.112 e. The lowest BCUT2D eigenvalue weighted by Gasteiger charge is -2.12. The van der Waals surface area contributed by atoms with Crippen molar-refractivity contribution in [3.8, 4) is 0 Å². The van der Waals surface area contributed by atoms with Crippen molar-refractivity contribution in [2.75, 3.05) is 6.54 Å². The molecule has 94 valence electrons. The Labute approximate surface area is 107 Å². The van der Waals surface area contributed by atoms with Crippen molar-refractivity contribution >= 4 is 11.0 Å². The molecule has 1 aromatic carbocycles. The highest BCUT2D eigenvalue weighted by atomic mass is 15.1. The summed E-state index contributed by atoms with van der Waals surface area (Å²) < 4.78 is 2.28. The lowest BCUT2D eigenvalue weighted by molar-refractivity contribution is 0.705. The van der Waals surface area contributed by atoms with Gasteiger partial charge in [-0.1, -0.05) is 6.07 Å². The van der Waals surface area contributed by atoms with Crippen LogP contribution in [0.1, 0.15) is 43.0 Å². The Bertz CT molecular complexity index is 618. The van der Waals surface area contributed by atoms with Crippen LogP contribution in [0.5, 0.6) is 0 Å². The van der Waals surface area contributed by atoms with Crippen molar-refractivity contribution in [2.24, 2.45) is 12.8 Å². The van der Waals surface area contributed by atoms with Crippen LogP contribution in [0.3, 0.4) is 0 Å². The number of aryl methyl sites for hydroxylation is 1. The second kappa shape index (κ2) is 3.35. The summed E-state index contributed by atoms with van der Waals surface area (Å²) in [6.45, 7) is 0.770. The summed E-state index contributed by atoms with van der Waals surface area (Å²) in [5.74, 6) is 1.97. The van der Waals surface area contributed by atoms with Crippen molar-refractivity contribution in [1.29, 1.82) is 0 Å². The summed E-state index contributed by atoms with van der Waals surface area (Å²) in [5, 5.41) is 0. The molecular formula is C15H19N3. The van der Waals surface area contributed by atoms with Crippen LogP contribution in [0.25, 0.3) is 11.0 Å². The largest absolute Gasteiger partial charge is 0.331 e. The molecule has 2 aliphatic carbocycles. The molecule has 0 unspecified atom stereocenters. The third-order valence-electron chi connectivity index (χ3n) is 4.71. The monoisotopic (exact) mass is 241 g/mol. The highest BCUT2D eigenvalue weighted by Crippen LogP contribution is 2.48. The van der Waals surface area contributed by atoms with Crippen LogP contribution in [-0.2, 0) is 12.5 Å². The second-order valence-electron chi connectivity index (χ2n) is 5.99. The molecule has 2 aliphatic rings. The van der Waals surface area contributed by atoms with Crippen LogP contribution in [0, 0.1) is 0 Å². The van der Waals surface area contributed by atoms with Crippen molar-refractivity contribution in [2.45, 2.75) is 37.0 Å². The fourth-order valence-electron chi connectivity index (χ4n) is 3.01. The fourth-order valence-corrected chi connectivity index (χ4v) is 3.01. The minimum Gasteiger partial charge on any atom is -0.331 e. The predicted molar refractivity (Wildman–Crippen MR) is 72.7 cm³/mol. The molecule has 0 radical (unpaired) electrons. The van der Waals surface area contributed by atoms with Gasteiger partial charge in [-0.3, -0.25) is 0 Å². The van der Waals surface area contributed by atoms with E-state index in [0.717, 1.165) is 12.1 Å². The number of aromatic nitrogens is 2. The van der Waals surface area contributed by atoms with Gasteiger partial charge < -0.3 is 10.3 Å². The Balaban J connectivity index is 1.86. The van der Waals surface area contributed by atoms with Gasteiger partial charge in [0.25, 0.3) is 0 Å². The zero-order valence-corrected chi connectivity index (χ0v) is 10.8. The van der Waals surface area contributed by atoms with Crippen LogP contribution in [0.2, 0.25) is 0 Å². The Morgan fingerprint density at radius 3 is 2.78 bits per heavy atom. The number of nitrogens with zero attached hydrogens (tertiary/aromatic N) is 2. The molecule has 1 heterocycles. The molecule has 0 bridgehead atoms. The highest BCUT2D eigenvalue weighted by molar-refractivity contribution is 5.77. The molecular weight excluding hydrogens is 222 g/mol. The zero-order valence-electron chi connectivity index (χ0n) is 10.8. The maximum atomic E-state index is 5.92. The standard InChI is InChI=1S/C15H19N3/c1-18-13-8-11(15(9-16)6-7-15)4-5-12(13)17-14(18)10-2-3-10/h4-5,8,10H,2-3,6-7,9,16H2,1H3. The third kappa shape index (κ3) is 1.37. The maximum absolute atomic E-state index is 5.92. The number of imidazole rings is 1. The van der Waals surface area contributed by atoms with Crippen LogP contribution < -0.4 is 5.73 Å². The van der Waals surface area contributed by atoms with Crippen molar-refractivity contribution in [1.82, 2.24) is 9.55 Å². The number of fused-ring (bicyclic) bond motifs is 1. The summed E-state index contributed by atoms with van der Waals surface area (Å²) in [6.07, 6.45) is 5.08. The minimum absolute atomic E-state index is 0.276. The average Bonchev–Trinajstić information content (AvgIpc) is 3.29. The molecule has 0 amide bonds. The first-order chi connectivity index (χ1) is 8.73. The average molecular weight is 241 g/mol. The van der Waals surface area contributed by atoms with Gasteiger partial charge in [0.2, 0.25) is 0 Å². The van der Waals surface area contributed by atoms with E-state index in [1.54, 1.807) is 0 Å². The summed E-state index contributed by atoms with van der Waals surface area (Å²) in [6, 6.07) is 6.71. The van der Waals surface area contributed by atoms with Crippen LogP contribution in [0.4, 0.5) is 0 Å². The third-order valence-corrected chi connectivity index (χ3v) is 4.71. The molecule has 18 heavy (non-hydrogen) atoms. The Morgan fingerprint density at radius 2 is 2.17 bits per heavy atom. The van der Waals surface area contributed by atoms with E-state index in [9.17, 15) is 0 Å². The summed E-state index contributed by atoms with van der Waals surface area (Å²) in [7, 11) is 2.15. The van der Waals surface area contributed by atoms with Gasteiger partial charge >= 0.3 is 0 Å². The molecule has 4 rings (SSSR count). The number of hydrogen-bond acceptors (Lipinski definition) is 2. The van der Waals surface area contributed by atoms with Gasteiger partial charge in [-0.15, -0.1) is 0 Å². The first-order valence-corrected chi connectivity index (χ1v) is 6.90.